The van der Waals surface area contributed by atoms with Gasteiger partial charge in [-0.25, -0.2) is 0 Å². The second-order valence-corrected chi connectivity index (χ2v) is 4.17. The Hall–Kier alpha value is -1.70. The molecular formula is C13H22N4O3. The Morgan fingerprint density at radius 3 is 3.05 bits per heavy atom. The van der Waals surface area contributed by atoms with E-state index in [4.69, 9.17) is 20.4 Å². The minimum atomic E-state index is 0.0124. The number of nitrogens with one attached hydrogen (secondary N) is 1. The number of hydrogen-bond acceptors (Lipinski definition) is 6. The molecule has 0 aliphatic carbocycles. The van der Waals surface area contributed by atoms with Crippen LogP contribution in [0.4, 0.5) is 0 Å². The van der Waals surface area contributed by atoms with Crippen molar-refractivity contribution in [3.63, 3.8) is 0 Å². The molecule has 4 N–H and O–H groups in total. The van der Waals surface area contributed by atoms with Crippen LogP contribution >= 0.6 is 0 Å². The van der Waals surface area contributed by atoms with Crippen molar-refractivity contribution in [1.29, 1.82) is 0 Å². The van der Waals surface area contributed by atoms with Gasteiger partial charge in [-0.2, -0.15) is 0 Å². The van der Waals surface area contributed by atoms with Gasteiger partial charge in [0.2, 0.25) is 0 Å². The fourth-order valence-electron chi connectivity index (χ4n) is 1.55. The van der Waals surface area contributed by atoms with Crippen LogP contribution in [0.25, 0.3) is 0 Å². The van der Waals surface area contributed by atoms with Crippen molar-refractivity contribution >= 4 is 5.84 Å². The summed E-state index contributed by atoms with van der Waals surface area (Å²) in [6.07, 6.45) is 2.57. The van der Waals surface area contributed by atoms with Gasteiger partial charge in [0, 0.05) is 26.5 Å². The topological polar surface area (TPSA) is 102 Å². The summed E-state index contributed by atoms with van der Waals surface area (Å²) in [6.45, 7) is 3.52. The number of oxime groups is 1. The monoisotopic (exact) mass is 282 g/mol. The van der Waals surface area contributed by atoms with Crippen molar-refractivity contribution in [2.24, 2.45) is 10.9 Å². The van der Waals surface area contributed by atoms with E-state index < -0.39 is 0 Å². The maximum atomic E-state index is 8.60. The molecule has 0 bridgehead atoms. The molecule has 0 spiro atoms. The van der Waals surface area contributed by atoms with Crippen LogP contribution in [0.3, 0.4) is 0 Å². The molecular weight excluding hydrogens is 260 g/mol. The van der Waals surface area contributed by atoms with E-state index in [0.29, 0.717) is 32.1 Å². The summed E-state index contributed by atoms with van der Waals surface area (Å²) in [5.74, 6) is 0.0124. The second-order valence-electron chi connectivity index (χ2n) is 4.17. The third-order valence-corrected chi connectivity index (χ3v) is 2.60. The third kappa shape index (κ3) is 6.46. The quantitative estimate of drug-likeness (QED) is 0.188. The minimum Gasteiger partial charge on any atom is -0.409 e. The Balaban J connectivity index is 2.19. The lowest BCUT2D eigenvalue weighted by Crippen LogP contribution is -2.19. The van der Waals surface area contributed by atoms with E-state index in [2.05, 4.69) is 15.5 Å². The van der Waals surface area contributed by atoms with Gasteiger partial charge in [-0.15, -0.1) is 0 Å². The first-order valence-electron chi connectivity index (χ1n) is 6.48. The van der Waals surface area contributed by atoms with Gasteiger partial charge in [0.25, 0.3) is 0 Å². The standard InChI is InChI=1S/C13H22N4O3/c1-19-7-8-20-6-2-4-15-10-11-3-5-16-12(9-11)13(14)17-18/h3,5,9,15,18H,2,4,6-8,10H2,1H3,(H2,14,17). The van der Waals surface area contributed by atoms with E-state index >= 15 is 0 Å². The smallest absolute Gasteiger partial charge is 0.188 e. The normalized spacial score (nSPS) is 11.8. The number of nitrogens with zero attached hydrogens (tertiary/aromatic N) is 2. The van der Waals surface area contributed by atoms with E-state index in [0.717, 1.165) is 18.5 Å². The SMILES string of the molecule is COCCOCCCNCc1ccnc(/C(N)=N/O)c1. The Kier molecular flexibility index (Phi) is 8.28. The number of hydrogen-bond donors (Lipinski definition) is 3. The molecule has 0 amide bonds. The zero-order valence-corrected chi connectivity index (χ0v) is 11.7. The van der Waals surface area contributed by atoms with Crippen molar-refractivity contribution in [3.8, 4) is 0 Å². The summed E-state index contributed by atoms with van der Waals surface area (Å²) in [4.78, 5) is 4.02. The molecule has 20 heavy (non-hydrogen) atoms. The van der Waals surface area contributed by atoms with Gasteiger partial charge in [-0.3, -0.25) is 4.98 Å². The van der Waals surface area contributed by atoms with Crippen LogP contribution in [0.2, 0.25) is 0 Å². The Labute approximate surface area is 118 Å². The van der Waals surface area contributed by atoms with Crippen molar-refractivity contribution < 1.29 is 14.7 Å². The molecule has 0 aliphatic rings. The lowest BCUT2D eigenvalue weighted by molar-refractivity contribution is 0.0695. The average molecular weight is 282 g/mol. The summed E-state index contributed by atoms with van der Waals surface area (Å²) in [5, 5.41) is 14.8. The number of pyridine rings is 1. The number of rotatable bonds is 10. The zero-order chi connectivity index (χ0) is 14.6. The largest absolute Gasteiger partial charge is 0.409 e. The molecule has 0 aromatic carbocycles. The summed E-state index contributed by atoms with van der Waals surface area (Å²) >= 11 is 0. The van der Waals surface area contributed by atoms with Gasteiger partial charge in [-0.1, -0.05) is 5.16 Å². The molecule has 0 aliphatic heterocycles. The fraction of sp³-hybridized carbons (Fsp3) is 0.538. The van der Waals surface area contributed by atoms with Crippen LogP contribution < -0.4 is 11.1 Å². The number of aromatic nitrogens is 1. The molecule has 0 fully saturated rings. The summed E-state index contributed by atoms with van der Waals surface area (Å²) < 4.78 is 10.2. The summed E-state index contributed by atoms with van der Waals surface area (Å²) in [5.41, 5.74) is 6.98. The molecule has 112 valence electrons. The van der Waals surface area contributed by atoms with Crippen LogP contribution in [0.5, 0.6) is 0 Å². The van der Waals surface area contributed by atoms with Crippen molar-refractivity contribution in [2.75, 3.05) is 33.5 Å². The van der Waals surface area contributed by atoms with E-state index in [1.165, 1.54) is 0 Å². The predicted octanol–water partition coefficient (Wildman–Crippen LogP) is 0.319. The lowest BCUT2D eigenvalue weighted by Gasteiger charge is -2.07. The Bertz CT molecular complexity index is 412. The molecule has 1 heterocycles. The van der Waals surface area contributed by atoms with Crippen molar-refractivity contribution in [2.45, 2.75) is 13.0 Å². The minimum absolute atomic E-state index is 0.0124. The summed E-state index contributed by atoms with van der Waals surface area (Å²) in [7, 11) is 1.65. The van der Waals surface area contributed by atoms with Gasteiger partial charge in [-0.05, 0) is 30.7 Å². The fourth-order valence-corrected chi connectivity index (χ4v) is 1.55. The number of nitrogens with two attached hydrogens (primary N) is 1. The molecule has 0 saturated heterocycles. The molecule has 0 saturated carbocycles. The molecule has 0 atom stereocenters. The zero-order valence-electron chi connectivity index (χ0n) is 11.7. The molecule has 1 aromatic rings. The molecule has 7 heteroatoms. The average Bonchev–Trinajstić information content (AvgIpc) is 2.49. The van der Waals surface area contributed by atoms with Gasteiger partial charge >= 0.3 is 0 Å². The van der Waals surface area contributed by atoms with Gasteiger partial charge in [0.1, 0.15) is 5.69 Å². The first-order chi connectivity index (χ1) is 9.77. The summed E-state index contributed by atoms with van der Waals surface area (Å²) in [6, 6.07) is 3.67. The highest BCUT2D eigenvalue weighted by atomic mass is 16.5. The maximum absolute atomic E-state index is 8.60. The Morgan fingerprint density at radius 2 is 2.30 bits per heavy atom. The van der Waals surface area contributed by atoms with Gasteiger partial charge in [0.15, 0.2) is 5.84 Å². The molecule has 0 radical (unpaired) electrons. The van der Waals surface area contributed by atoms with E-state index in [1.54, 1.807) is 19.4 Å². The highest BCUT2D eigenvalue weighted by molar-refractivity contribution is 5.95. The molecule has 1 rings (SSSR count). The van der Waals surface area contributed by atoms with Crippen LogP contribution in [-0.4, -0.2) is 49.5 Å². The Morgan fingerprint density at radius 1 is 1.45 bits per heavy atom. The molecule has 7 nitrogen and oxygen atoms in total. The van der Waals surface area contributed by atoms with E-state index in [9.17, 15) is 0 Å². The number of methoxy groups -OCH3 is 1. The molecule has 1 aromatic heterocycles. The highest BCUT2D eigenvalue weighted by Gasteiger charge is 2.01. The second kappa shape index (κ2) is 10.1. The number of amidine groups is 1. The van der Waals surface area contributed by atoms with E-state index in [-0.39, 0.29) is 5.84 Å². The third-order valence-electron chi connectivity index (χ3n) is 2.60. The van der Waals surface area contributed by atoms with Crippen LogP contribution in [0.1, 0.15) is 17.7 Å². The first kappa shape index (κ1) is 16.4. The van der Waals surface area contributed by atoms with Crippen LogP contribution in [-0.2, 0) is 16.0 Å². The van der Waals surface area contributed by atoms with Crippen LogP contribution in [0, 0.1) is 0 Å². The maximum Gasteiger partial charge on any atom is 0.188 e. The van der Waals surface area contributed by atoms with Crippen molar-refractivity contribution in [3.05, 3.63) is 29.6 Å². The predicted molar refractivity (Wildman–Crippen MR) is 75.8 cm³/mol. The lowest BCUT2D eigenvalue weighted by atomic mass is 10.2. The van der Waals surface area contributed by atoms with E-state index in [1.807, 2.05) is 6.07 Å². The first-order valence-corrected chi connectivity index (χ1v) is 6.48. The van der Waals surface area contributed by atoms with Gasteiger partial charge < -0.3 is 25.7 Å². The highest BCUT2D eigenvalue weighted by Crippen LogP contribution is 2.01. The molecule has 0 unspecified atom stereocenters. The van der Waals surface area contributed by atoms with Crippen LogP contribution in [0.15, 0.2) is 23.5 Å². The van der Waals surface area contributed by atoms with Crippen molar-refractivity contribution in [1.82, 2.24) is 10.3 Å². The number of ether oxygens (including phenoxy) is 2. The van der Waals surface area contributed by atoms with Gasteiger partial charge in [0.05, 0.1) is 13.2 Å².